The topological polar surface area (TPSA) is 37.9 Å². The third-order valence-corrected chi connectivity index (χ3v) is 4.05. The molecule has 0 saturated heterocycles. The second-order valence-corrected chi connectivity index (χ2v) is 5.55. The van der Waals surface area contributed by atoms with Gasteiger partial charge in [-0.3, -0.25) is 0 Å². The number of nitrogens with zero attached hydrogens (tertiary/aromatic N) is 1. The zero-order valence-electron chi connectivity index (χ0n) is 13.7. The van der Waals surface area contributed by atoms with Gasteiger partial charge in [0.15, 0.2) is 0 Å². The van der Waals surface area contributed by atoms with Crippen LogP contribution in [0.5, 0.6) is 11.5 Å². The zero-order valence-corrected chi connectivity index (χ0v) is 13.7. The van der Waals surface area contributed by atoms with Crippen LogP contribution in [0.25, 0.3) is 0 Å². The van der Waals surface area contributed by atoms with E-state index in [9.17, 15) is 0 Å². The van der Waals surface area contributed by atoms with Gasteiger partial charge in [-0.25, -0.2) is 4.98 Å². The van der Waals surface area contributed by atoms with E-state index in [2.05, 4.69) is 35.9 Å². The lowest BCUT2D eigenvalue weighted by Crippen LogP contribution is -2.03. The Labute approximate surface area is 137 Å². The van der Waals surface area contributed by atoms with Crippen LogP contribution < -0.4 is 4.74 Å². The maximum Gasteiger partial charge on any atom is 0.127 e. The predicted octanol–water partition coefficient (Wildman–Crippen LogP) is 4.92. The summed E-state index contributed by atoms with van der Waals surface area (Å²) in [6, 6.07) is 14.2. The number of para-hydroxylation sites is 1. The lowest BCUT2D eigenvalue weighted by molar-refractivity contribution is 0.481. The minimum atomic E-state index is 0.838. The number of rotatable bonds is 6. The minimum Gasteiger partial charge on any atom is -0.457 e. The molecule has 3 aromatic rings. The Kier molecular flexibility index (Phi) is 4.77. The van der Waals surface area contributed by atoms with Crippen molar-refractivity contribution in [1.29, 1.82) is 0 Å². The number of aromatic amines is 1. The summed E-state index contributed by atoms with van der Waals surface area (Å²) < 4.78 is 6.03. The highest BCUT2D eigenvalue weighted by molar-refractivity contribution is 5.45. The standard InChI is InChI=1S/C20H22N2O/c1-3-15-12-18(23-17-8-6-5-7-9-17)13-16(4-2)19(15)14-20-21-10-11-22-20/h5-13H,3-4,14H2,1-2H3,(H,21,22). The average molecular weight is 306 g/mol. The number of nitrogens with one attached hydrogen (secondary N) is 1. The average Bonchev–Trinajstić information content (AvgIpc) is 3.10. The number of H-pyrrole nitrogens is 1. The second kappa shape index (κ2) is 7.14. The van der Waals surface area contributed by atoms with Crippen molar-refractivity contribution in [2.75, 3.05) is 0 Å². The van der Waals surface area contributed by atoms with Crippen LogP contribution in [0.1, 0.15) is 36.4 Å². The van der Waals surface area contributed by atoms with Crippen LogP contribution in [0, 0.1) is 0 Å². The number of aryl methyl sites for hydroxylation is 2. The Morgan fingerprint density at radius 1 is 0.957 bits per heavy atom. The molecule has 1 aromatic heterocycles. The molecule has 1 N–H and O–H groups in total. The molecule has 1 heterocycles. The SMILES string of the molecule is CCc1cc(Oc2ccccc2)cc(CC)c1Cc1ncc[nH]1. The van der Waals surface area contributed by atoms with Crippen molar-refractivity contribution in [1.82, 2.24) is 9.97 Å². The van der Waals surface area contributed by atoms with Crippen LogP contribution in [-0.2, 0) is 19.3 Å². The molecule has 23 heavy (non-hydrogen) atoms. The van der Waals surface area contributed by atoms with E-state index in [1.165, 1.54) is 16.7 Å². The van der Waals surface area contributed by atoms with Crippen LogP contribution in [-0.4, -0.2) is 9.97 Å². The fourth-order valence-electron chi connectivity index (χ4n) is 2.87. The van der Waals surface area contributed by atoms with E-state index in [1.807, 2.05) is 36.5 Å². The fourth-order valence-corrected chi connectivity index (χ4v) is 2.87. The molecule has 0 radical (unpaired) electrons. The first-order chi connectivity index (χ1) is 11.3. The van der Waals surface area contributed by atoms with Gasteiger partial charge in [-0.1, -0.05) is 32.0 Å². The van der Waals surface area contributed by atoms with Gasteiger partial charge in [-0.2, -0.15) is 0 Å². The summed E-state index contributed by atoms with van der Waals surface area (Å²) in [6.07, 6.45) is 6.48. The van der Waals surface area contributed by atoms with Crippen LogP contribution in [0.15, 0.2) is 54.9 Å². The molecule has 0 aliphatic rings. The van der Waals surface area contributed by atoms with Crippen molar-refractivity contribution in [3.63, 3.8) is 0 Å². The predicted molar refractivity (Wildman–Crippen MR) is 93.1 cm³/mol. The molecule has 0 fully saturated rings. The summed E-state index contributed by atoms with van der Waals surface area (Å²) in [5.74, 6) is 2.79. The molecule has 3 rings (SSSR count). The molecule has 3 nitrogen and oxygen atoms in total. The van der Waals surface area contributed by atoms with Crippen LogP contribution >= 0.6 is 0 Å². The third-order valence-electron chi connectivity index (χ3n) is 4.05. The van der Waals surface area contributed by atoms with Gasteiger partial charge in [0.1, 0.15) is 17.3 Å². The molecule has 0 amide bonds. The lowest BCUT2D eigenvalue weighted by Gasteiger charge is -2.16. The van der Waals surface area contributed by atoms with Gasteiger partial charge >= 0.3 is 0 Å². The number of aromatic nitrogens is 2. The zero-order chi connectivity index (χ0) is 16.1. The van der Waals surface area contributed by atoms with Crippen LogP contribution in [0.2, 0.25) is 0 Å². The maximum absolute atomic E-state index is 6.03. The Hall–Kier alpha value is -2.55. The van der Waals surface area contributed by atoms with Gasteiger partial charge in [-0.05, 0) is 53.8 Å². The first-order valence-corrected chi connectivity index (χ1v) is 8.16. The van der Waals surface area contributed by atoms with E-state index in [0.717, 1.165) is 36.6 Å². The molecule has 0 unspecified atom stereocenters. The largest absolute Gasteiger partial charge is 0.457 e. The maximum atomic E-state index is 6.03. The fraction of sp³-hybridized carbons (Fsp3) is 0.250. The van der Waals surface area contributed by atoms with Crippen molar-refractivity contribution in [3.05, 3.63) is 77.4 Å². The van der Waals surface area contributed by atoms with Crippen molar-refractivity contribution >= 4 is 0 Å². The Morgan fingerprint density at radius 3 is 2.22 bits per heavy atom. The molecular formula is C20H22N2O. The van der Waals surface area contributed by atoms with Crippen molar-refractivity contribution in [3.8, 4) is 11.5 Å². The first-order valence-electron chi connectivity index (χ1n) is 8.16. The molecule has 0 atom stereocenters. The second-order valence-electron chi connectivity index (χ2n) is 5.55. The Morgan fingerprint density at radius 2 is 1.65 bits per heavy atom. The van der Waals surface area contributed by atoms with E-state index in [1.54, 1.807) is 6.20 Å². The monoisotopic (exact) mass is 306 g/mol. The van der Waals surface area contributed by atoms with Gasteiger partial charge in [-0.15, -0.1) is 0 Å². The summed E-state index contributed by atoms with van der Waals surface area (Å²) in [7, 11) is 0. The number of benzene rings is 2. The molecule has 118 valence electrons. The number of hydrogen-bond acceptors (Lipinski definition) is 2. The van der Waals surface area contributed by atoms with Crippen LogP contribution in [0.4, 0.5) is 0 Å². The van der Waals surface area contributed by atoms with E-state index in [4.69, 9.17) is 4.74 Å². The highest BCUT2D eigenvalue weighted by Gasteiger charge is 2.12. The van der Waals surface area contributed by atoms with Gasteiger partial charge in [0, 0.05) is 18.8 Å². The van der Waals surface area contributed by atoms with E-state index in [-0.39, 0.29) is 0 Å². The summed E-state index contributed by atoms with van der Waals surface area (Å²) in [5.41, 5.74) is 4.02. The summed E-state index contributed by atoms with van der Waals surface area (Å²) >= 11 is 0. The molecule has 0 saturated carbocycles. The van der Waals surface area contributed by atoms with Gasteiger partial charge in [0.2, 0.25) is 0 Å². The number of ether oxygens (including phenoxy) is 1. The van der Waals surface area contributed by atoms with Gasteiger partial charge in [0.05, 0.1) is 0 Å². The normalized spacial score (nSPS) is 10.7. The Balaban J connectivity index is 1.94. The lowest BCUT2D eigenvalue weighted by atomic mass is 9.94. The molecular weight excluding hydrogens is 284 g/mol. The summed E-state index contributed by atoms with van der Waals surface area (Å²) in [4.78, 5) is 7.57. The third kappa shape index (κ3) is 3.62. The quantitative estimate of drug-likeness (QED) is 0.702. The molecule has 0 aliphatic carbocycles. The minimum absolute atomic E-state index is 0.838. The number of hydrogen-bond donors (Lipinski definition) is 1. The molecule has 3 heteroatoms. The Bertz CT molecular complexity index is 724. The van der Waals surface area contributed by atoms with E-state index >= 15 is 0 Å². The summed E-state index contributed by atoms with van der Waals surface area (Å²) in [6.45, 7) is 4.37. The molecule has 0 bridgehead atoms. The van der Waals surface area contributed by atoms with Crippen LogP contribution in [0.3, 0.4) is 0 Å². The van der Waals surface area contributed by atoms with Crippen molar-refractivity contribution in [2.24, 2.45) is 0 Å². The first kappa shape index (κ1) is 15.3. The van der Waals surface area contributed by atoms with Crippen molar-refractivity contribution < 1.29 is 4.74 Å². The van der Waals surface area contributed by atoms with E-state index in [0.29, 0.717) is 0 Å². The highest BCUT2D eigenvalue weighted by Crippen LogP contribution is 2.29. The van der Waals surface area contributed by atoms with Gasteiger partial charge < -0.3 is 9.72 Å². The molecule has 2 aromatic carbocycles. The van der Waals surface area contributed by atoms with Gasteiger partial charge in [0.25, 0.3) is 0 Å². The summed E-state index contributed by atoms with van der Waals surface area (Å²) in [5, 5.41) is 0. The number of imidazole rings is 1. The highest BCUT2D eigenvalue weighted by atomic mass is 16.5. The molecule has 0 spiro atoms. The smallest absolute Gasteiger partial charge is 0.127 e. The van der Waals surface area contributed by atoms with Crippen molar-refractivity contribution in [2.45, 2.75) is 33.1 Å². The molecule has 0 aliphatic heterocycles. The van der Waals surface area contributed by atoms with E-state index < -0.39 is 0 Å².